The van der Waals surface area contributed by atoms with Gasteiger partial charge in [0.2, 0.25) is 11.8 Å². The monoisotopic (exact) mass is 451 g/mol. The lowest BCUT2D eigenvalue weighted by atomic mass is 9.93. The second-order valence-electron chi connectivity index (χ2n) is 10.8. The molecule has 2 aliphatic rings. The van der Waals surface area contributed by atoms with E-state index in [0.717, 1.165) is 19.4 Å². The molecule has 2 aliphatic heterocycles. The molecule has 2 fully saturated rings. The van der Waals surface area contributed by atoms with Gasteiger partial charge in [-0.25, -0.2) is 0 Å². The Morgan fingerprint density at radius 2 is 1.66 bits per heavy atom. The highest BCUT2D eigenvalue weighted by Crippen LogP contribution is 2.24. The molecule has 7 nitrogen and oxygen atoms in total. The zero-order valence-corrected chi connectivity index (χ0v) is 21.1. The van der Waals surface area contributed by atoms with Crippen LogP contribution in [0.4, 0.5) is 0 Å². The van der Waals surface area contributed by atoms with Crippen LogP contribution >= 0.6 is 0 Å². The van der Waals surface area contributed by atoms with Gasteiger partial charge in [-0.15, -0.1) is 0 Å². The molecule has 0 spiro atoms. The maximum absolute atomic E-state index is 13.5. The number of hydrogen-bond acceptors (Lipinski definition) is 5. The SMILES string of the molecule is CC(C)CCOC(=O)C1CCN(C(=O)C(CC(C)C)N2CCN[C@@H](CC(C)C)C2=O)CC1. The van der Waals surface area contributed by atoms with Crippen LogP contribution in [0, 0.1) is 23.7 Å². The number of ether oxygens (including phenoxy) is 1. The lowest BCUT2D eigenvalue weighted by Crippen LogP contribution is -2.62. The molecule has 184 valence electrons. The molecule has 0 bridgehead atoms. The number of hydrogen-bond donors (Lipinski definition) is 1. The molecule has 0 aromatic carbocycles. The predicted octanol–water partition coefficient (Wildman–Crippen LogP) is 3.08. The average molecular weight is 452 g/mol. The Hall–Kier alpha value is -1.63. The molecule has 0 aromatic rings. The number of piperazine rings is 1. The van der Waals surface area contributed by atoms with E-state index >= 15 is 0 Å². The van der Waals surface area contributed by atoms with Gasteiger partial charge in [-0.05, 0) is 49.9 Å². The molecule has 0 radical (unpaired) electrons. The van der Waals surface area contributed by atoms with E-state index in [2.05, 4.69) is 46.9 Å². The van der Waals surface area contributed by atoms with Crippen molar-refractivity contribution in [3.63, 3.8) is 0 Å². The van der Waals surface area contributed by atoms with Crippen LogP contribution in [-0.2, 0) is 19.1 Å². The van der Waals surface area contributed by atoms with Gasteiger partial charge in [0.05, 0.1) is 18.6 Å². The molecule has 2 atom stereocenters. The largest absolute Gasteiger partial charge is 0.465 e. The fourth-order valence-electron chi connectivity index (χ4n) is 4.59. The molecule has 2 heterocycles. The van der Waals surface area contributed by atoms with Gasteiger partial charge in [0, 0.05) is 26.2 Å². The van der Waals surface area contributed by atoms with Crippen molar-refractivity contribution in [2.24, 2.45) is 23.7 Å². The van der Waals surface area contributed by atoms with E-state index in [4.69, 9.17) is 4.74 Å². The molecule has 1 N–H and O–H groups in total. The molecule has 2 amide bonds. The minimum absolute atomic E-state index is 0.0314. The Balaban J connectivity index is 1.98. The van der Waals surface area contributed by atoms with Gasteiger partial charge in [0.1, 0.15) is 6.04 Å². The number of nitrogens with zero attached hydrogens (tertiary/aromatic N) is 2. The van der Waals surface area contributed by atoms with Crippen molar-refractivity contribution in [2.75, 3.05) is 32.8 Å². The molecule has 7 heteroatoms. The van der Waals surface area contributed by atoms with Gasteiger partial charge in [-0.2, -0.15) is 0 Å². The third kappa shape index (κ3) is 7.75. The summed E-state index contributed by atoms with van der Waals surface area (Å²) in [6.07, 6.45) is 3.58. The number of piperidine rings is 1. The number of carbonyl (C=O) groups excluding carboxylic acids is 3. The molecule has 2 saturated heterocycles. The number of esters is 1. The summed E-state index contributed by atoms with van der Waals surface area (Å²) in [5.74, 6) is 1.04. The summed E-state index contributed by atoms with van der Waals surface area (Å²) in [6, 6.07) is -0.633. The Bertz CT molecular complexity index is 627. The standard InChI is InChI=1S/C25H45N3O4/c1-17(2)9-14-32-25(31)20-7-11-27(12-8-20)24(30)22(16-19(5)6)28-13-10-26-21(23(28)29)15-18(3)4/h17-22,26H,7-16H2,1-6H3/t21-,22?/m0/s1. The lowest BCUT2D eigenvalue weighted by molar-refractivity contribution is -0.154. The first-order valence-electron chi connectivity index (χ1n) is 12.6. The zero-order valence-electron chi connectivity index (χ0n) is 21.1. The van der Waals surface area contributed by atoms with Gasteiger partial charge in [0.15, 0.2) is 0 Å². The van der Waals surface area contributed by atoms with Gasteiger partial charge >= 0.3 is 5.97 Å². The van der Waals surface area contributed by atoms with Crippen LogP contribution in [0.5, 0.6) is 0 Å². The van der Waals surface area contributed by atoms with Crippen molar-refractivity contribution in [2.45, 2.75) is 85.7 Å². The van der Waals surface area contributed by atoms with Crippen LogP contribution in [-0.4, -0.2) is 72.5 Å². The molecule has 32 heavy (non-hydrogen) atoms. The second-order valence-corrected chi connectivity index (χ2v) is 10.8. The molecule has 1 unspecified atom stereocenters. The number of nitrogens with one attached hydrogen (secondary N) is 1. The number of rotatable bonds is 10. The van der Waals surface area contributed by atoms with E-state index in [-0.39, 0.29) is 29.7 Å². The van der Waals surface area contributed by atoms with Crippen LogP contribution in [0.15, 0.2) is 0 Å². The van der Waals surface area contributed by atoms with Crippen molar-refractivity contribution >= 4 is 17.8 Å². The highest BCUT2D eigenvalue weighted by molar-refractivity contribution is 5.90. The summed E-state index contributed by atoms with van der Waals surface area (Å²) >= 11 is 0. The number of amides is 2. The van der Waals surface area contributed by atoms with Crippen LogP contribution in [0.1, 0.15) is 73.6 Å². The van der Waals surface area contributed by atoms with E-state index in [0.29, 0.717) is 63.3 Å². The summed E-state index contributed by atoms with van der Waals surface area (Å²) in [5, 5.41) is 3.33. The van der Waals surface area contributed by atoms with Crippen LogP contribution < -0.4 is 5.32 Å². The first-order valence-corrected chi connectivity index (χ1v) is 12.6. The predicted molar refractivity (Wildman–Crippen MR) is 126 cm³/mol. The summed E-state index contributed by atoms with van der Waals surface area (Å²) in [4.78, 5) is 42.8. The Kier molecular flexibility index (Phi) is 10.5. The smallest absolute Gasteiger partial charge is 0.309 e. The molecule has 2 rings (SSSR count). The highest BCUT2D eigenvalue weighted by atomic mass is 16.5. The lowest BCUT2D eigenvalue weighted by Gasteiger charge is -2.42. The van der Waals surface area contributed by atoms with E-state index in [9.17, 15) is 14.4 Å². The minimum Gasteiger partial charge on any atom is -0.465 e. The minimum atomic E-state index is -0.422. The molecular weight excluding hydrogens is 406 g/mol. The van der Waals surface area contributed by atoms with Gasteiger partial charge in [-0.1, -0.05) is 41.5 Å². The Morgan fingerprint density at radius 1 is 1.00 bits per heavy atom. The van der Waals surface area contributed by atoms with Gasteiger partial charge < -0.3 is 19.9 Å². The fraction of sp³-hybridized carbons (Fsp3) is 0.880. The Labute approximate surface area is 194 Å². The number of carbonyl (C=O) groups is 3. The van der Waals surface area contributed by atoms with Crippen molar-refractivity contribution in [1.29, 1.82) is 0 Å². The first kappa shape index (κ1) is 26.6. The van der Waals surface area contributed by atoms with Crippen molar-refractivity contribution in [3.05, 3.63) is 0 Å². The summed E-state index contributed by atoms with van der Waals surface area (Å²) < 4.78 is 5.44. The number of likely N-dealkylation sites (tertiary alicyclic amines) is 1. The van der Waals surface area contributed by atoms with Crippen molar-refractivity contribution < 1.29 is 19.1 Å². The molecular formula is C25H45N3O4. The van der Waals surface area contributed by atoms with E-state index in [1.54, 1.807) is 0 Å². The maximum Gasteiger partial charge on any atom is 0.309 e. The van der Waals surface area contributed by atoms with E-state index in [1.165, 1.54) is 0 Å². The van der Waals surface area contributed by atoms with Crippen molar-refractivity contribution in [1.82, 2.24) is 15.1 Å². The van der Waals surface area contributed by atoms with Gasteiger partial charge in [-0.3, -0.25) is 14.4 Å². The third-order valence-electron chi connectivity index (χ3n) is 6.47. The molecule has 0 saturated carbocycles. The quantitative estimate of drug-likeness (QED) is 0.517. The maximum atomic E-state index is 13.5. The second kappa shape index (κ2) is 12.6. The molecule has 0 aromatic heterocycles. The van der Waals surface area contributed by atoms with Crippen LogP contribution in [0.3, 0.4) is 0 Å². The van der Waals surface area contributed by atoms with E-state index < -0.39 is 6.04 Å². The first-order chi connectivity index (χ1) is 15.1. The third-order valence-corrected chi connectivity index (χ3v) is 6.47. The highest BCUT2D eigenvalue weighted by Gasteiger charge is 2.39. The molecule has 0 aliphatic carbocycles. The summed E-state index contributed by atoms with van der Waals surface area (Å²) in [5.41, 5.74) is 0. The normalized spacial score (nSPS) is 21.5. The fourth-order valence-corrected chi connectivity index (χ4v) is 4.59. The summed E-state index contributed by atoms with van der Waals surface area (Å²) in [6.45, 7) is 15.5. The van der Waals surface area contributed by atoms with Crippen molar-refractivity contribution in [3.8, 4) is 0 Å². The average Bonchev–Trinajstić information content (AvgIpc) is 2.72. The summed E-state index contributed by atoms with van der Waals surface area (Å²) in [7, 11) is 0. The topological polar surface area (TPSA) is 79.0 Å². The zero-order chi connectivity index (χ0) is 23.8. The van der Waals surface area contributed by atoms with Crippen LogP contribution in [0.2, 0.25) is 0 Å². The van der Waals surface area contributed by atoms with Gasteiger partial charge in [0.25, 0.3) is 0 Å². The van der Waals surface area contributed by atoms with Crippen LogP contribution in [0.25, 0.3) is 0 Å². The Morgan fingerprint density at radius 3 is 2.22 bits per heavy atom. The van der Waals surface area contributed by atoms with E-state index in [1.807, 2.05) is 9.80 Å².